The average molecular weight is 364 g/mol. The lowest BCUT2D eigenvalue weighted by molar-refractivity contribution is -0.00342. The molecular formula is C21H24N4O2. The van der Waals surface area contributed by atoms with Crippen LogP contribution in [-0.2, 0) is 0 Å². The maximum Gasteiger partial charge on any atom is 0.255 e. The maximum atomic E-state index is 13.3. The van der Waals surface area contributed by atoms with E-state index < -0.39 is 0 Å². The van der Waals surface area contributed by atoms with E-state index in [2.05, 4.69) is 20.9 Å². The van der Waals surface area contributed by atoms with Crippen LogP contribution >= 0.6 is 0 Å². The van der Waals surface area contributed by atoms with Crippen LogP contribution < -0.4 is 5.73 Å². The molecule has 6 nitrogen and oxygen atoms in total. The summed E-state index contributed by atoms with van der Waals surface area (Å²) in [6.07, 6.45) is 3.88. The average Bonchev–Trinajstić information content (AvgIpc) is 3.12. The van der Waals surface area contributed by atoms with E-state index in [9.17, 15) is 9.90 Å². The number of pyridine rings is 1. The number of hydrogen-bond acceptors (Lipinski definition) is 5. The number of carbonyl (C=O) groups excluding carboxylic acids is 1. The smallest absolute Gasteiger partial charge is 0.255 e. The Balaban J connectivity index is 1.52. The molecule has 4 aliphatic rings. The van der Waals surface area contributed by atoms with Crippen molar-refractivity contribution < 1.29 is 9.90 Å². The summed E-state index contributed by atoms with van der Waals surface area (Å²) in [6, 6.07) is 11.5. The zero-order valence-electron chi connectivity index (χ0n) is 15.2. The highest BCUT2D eigenvalue weighted by molar-refractivity contribution is 5.94. The number of piperidine rings is 3. The number of phenols is 1. The third-order valence-corrected chi connectivity index (χ3v) is 6.59. The van der Waals surface area contributed by atoms with Crippen molar-refractivity contribution in [2.45, 2.75) is 30.8 Å². The summed E-state index contributed by atoms with van der Waals surface area (Å²) in [4.78, 5) is 22.0. The predicted molar refractivity (Wildman–Crippen MR) is 102 cm³/mol. The van der Waals surface area contributed by atoms with E-state index in [0.29, 0.717) is 29.9 Å². The molecule has 5 heterocycles. The van der Waals surface area contributed by atoms with Crippen LogP contribution in [0.2, 0.25) is 0 Å². The summed E-state index contributed by atoms with van der Waals surface area (Å²) in [5, 5.41) is 9.97. The summed E-state index contributed by atoms with van der Waals surface area (Å²) in [6.45, 7) is 2.88. The van der Waals surface area contributed by atoms with E-state index in [0.717, 1.165) is 31.5 Å². The third kappa shape index (κ3) is 2.67. The van der Waals surface area contributed by atoms with Crippen LogP contribution in [0.25, 0.3) is 0 Å². The number of nitrogens with zero attached hydrogens (tertiary/aromatic N) is 3. The highest BCUT2D eigenvalue weighted by atomic mass is 16.3. The Hall–Kier alpha value is -2.60. The first kappa shape index (κ1) is 16.6. The molecule has 3 N–H and O–H groups in total. The Kier molecular flexibility index (Phi) is 3.82. The lowest BCUT2D eigenvalue weighted by Gasteiger charge is -2.51. The van der Waals surface area contributed by atoms with E-state index in [1.807, 2.05) is 12.1 Å². The van der Waals surface area contributed by atoms with Crippen molar-refractivity contribution >= 4 is 11.7 Å². The molecule has 27 heavy (non-hydrogen) atoms. The van der Waals surface area contributed by atoms with Gasteiger partial charge in [0.15, 0.2) is 0 Å². The van der Waals surface area contributed by atoms with E-state index in [-0.39, 0.29) is 23.6 Å². The Morgan fingerprint density at radius 3 is 2.67 bits per heavy atom. The molecule has 6 heteroatoms. The van der Waals surface area contributed by atoms with Gasteiger partial charge in [0.25, 0.3) is 5.91 Å². The van der Waals surface area contributed by atoms with Crippen molar-refractivity contribution in [3.8, 4) is 5.75 Å². The fourth-order valence-corrected chi connectivity index (χ4v) is 5.40. The molecule has 0 radical (unpaired) electrons. The lowest BCUT2D eigenvalue weighted by atomic mass is 9.75. The van der Waals surface area contributed by atoms with Gasteiger partial charge in [-0.3, -0.25) is 9.69 Å². The van der Waals surface area contributed by atoms with Crippen LogP contribution in [0.5, 0.6) is 5.75 Å². The van der Waals surface area contributed by atoms with Gasteiger partial charge in [-0.15, -0.1) is 0 Å². The SMILES string of the molecule is Nc1ccc(C(=O)N2C[C@@H](c3cccc(O)c3)[C@@H]3[C@H]2C2CCN3CC2)cn1. The van der Waals surface area contributed by atoms with E-state index in [1.54, 1.807) is 24.4 Å². The highest BCUT2D eigenvalue weighted by Crippen LogP contribution is 2.47. The molecule has 2 aromatic rings. The van der Waals surface area contributed by atoms with Gasteiger partial charge in [0.1, 0.15) is 11.6 Å². The number of likely N-dealkylation sites (tertiary alicyclic amines) is 1. The van der Waals surface area contributed by atoms with E-state index in [1.165, 1.54) is 0 Å². The number of rotatable bonds is 2. The molecule has 140 valence electrons. The molecule has 0 saturated carbocycles. The van der Waals surface area contributed by atoms with Crippen molar-refractivity contribution in [3.63, 3.8) is 0 Å². The molecule has 3 atom stereocenters. The maximum absolute atomic E-state index is 13.3. The molecule has 0 spiro atoms. The minimum absolute atomic E-state index is 0.0360. The molecule has 1 aromatic heterocycles. The standard InChI is InChI=1S/C21H24N4O2/c22-18-5-4-15(11-23-18)21(27)25-12-17(14-2-1-3-16(26)10-14)20-19(25)13-6-8-24(20)9-7-13/h1-5,10-11,13,17,19-20,26H,6-9,12H2,(H2,22,23)/t17-,19+,20+/m0/s1. The Morgan fingerprint density at radius 1 is 1.15 bits per heavy atom. The molecule has 4 fully saturated rings. The fourth-order valence-electron chi connectivity index (χ4n) is 5.40. The van der Waals surface area contributed by atoms with Crippen molar-refractivity contribution in [2.75, 3.05) is 25.4 Å². The van der Waals surface area contributed by atoms with Crippen molar-refractivity contribution in [1.82, 2.24) is 14.8 Å². The largest absolute Gasteiger partial charge is 0.508 e. The van der Waals surface area contributed by atoms with Gasteiger partial charge in [0.2, 0.25) is 0 Å². The summed E-state index contributed by atoms with van der Waals surface area (Å²) in [5.74, 6) is 1.51. The number of amides is 1. The molecule has 4 saturated heterocycles. The first-order chi connectivity index (χ1) is 13.1. The van der Waals surface area contributed by atoms with E-state index >= 15 is 0 Å². The van der Waals surface area contributed by atoms with Crippen molar-refractivity contribution in [1.29, 1.82) is 0 Å². The number of carbonyl (C=O) groups is 1. The minimum atomic E-state index is 0.0360. The lowest BCUT2D eigenvalue weighted by Crippen LogP contribution is -2.60. The third-order valence-electron chi connectivity index (χ3n) is 6.59. The van der Waals surface area contributed by atoms with Gasteiger partial charge in [0.05, 0.1) is 11.6 Å². The second-order valence-corrected chi connectivity index (χ2v) is 7.99. The van der Waals surface area contributed by atoms with Crippen LogP contribution in [0, 0.1) is 5.92 Å². The molecule has 0 aliphatic carbocycles. The Bertz CT molecular complexity index is 861. The zero-order chi connectivity index (χ0) is 18.5. The second kappa shape index (κ2) is 6.23. The van der Waals surface area contributed by atoms with Crippen LogP contribution in [0.3, 0.4) is 0 Å². The van der Waals surface area contributed by atoms with Crippen molar-refractivity contribution in [2.24, 2.45) is 5.92 Å². The molecule has 6 rings (SSSR count). The summed E-state index contributed by atoms with van der Waals surface area (Å²) < 4.78 is 0. The van der Waals surface area contributed by atoms with Gasteiger partial charge in [-0.2, -0.15) is 0 Å². The number of aromatic nitrogens is 1. The second-order valence-electron chi connectivity index (χ2n) is 7.99. The van der Waals surface area contributed by atoms with E-state index in [4.69, 9.17) is 5.73 Å². The van der Waals surface area contributed by atoms with Crippen LogP contribution in [0.1, 0.15) is 34.7 Å². The minimum Gasteiger partial charge on any atom is -0.508 e. The van der Waals surface area contributed by atoms with Crippen LogP contribution in [-0.4, -0.2) is 57.5 Å². The van der Waals surface area contributed by atoms with Crippen LogP contribution in [0.15, 0.2) is 42.6 Å². The fraction of sp³-hybridized carbons (Fsp3) is 0.429. The number of aromatic hydroxyl groups is 1. The number of fused-ring (bicyclic) bond motifs is 2. The first-order valence-electron chi connectivity index (χ1n) is 9.67. The monoisotopic (exact) mass is 364 g/mol. The highest BCUT2D eigenvalue weighted by Gasteiger charge is 2.54. The van der Waals surface area contributed by atoms with Gasteiger partial charge < -0.3 is 15.7 Å². The van der Waals surface area contributed by atoms with Gasteiger partial charge in [0, 0.05) is 24.7 Å². The topological polar surface area (TPSA) is 82.7 Å². The van der Waals surface area contributed by atoms with Gasteiger partial charge in [-0.1, -0.05) is 12.1 Å². The quantitative estimate of drug-likeness (QED) is 0.852. The predicted octanol–water partition coefficient (Wildman–Crippen LogP) is 2.07. The van der Waals surface area contributed by atoms with Crippen molar-refractivity contribution in [3.05, 3.63) is 53.7 Å². The molecule has 1 aromatic carbocycles. The van der Waals surface area contributed by atoms with Gasteiger partial charge >= 0.3 is 0 Å². The number of benzene rings is 1. The number of nitrogens with two attached hydrogens (primary N) is 1. The molecule has 0 unspecified atom stereocenters. The molecular weight excluding hydrogens is 340 g/mol. The summed E-state index contributed by atoms with van der Waals surface area (Å²) in [5.41, 5.74) is 7.39. The summed E-state index contributed by atoms with van der Waals surface area (Å²) in [7, 11) is 0. The van der Waals surface area contributed by atoms with Gasteiger partial charge in [-0.05, 0) is 61.7 Å². The zero-order valence-corrected chi connectivity index (χ0v) is 15.2. The first-order valence-corrected chi connectivity index (χ1v) is 9.67. The molecule has 2 bridgehead atoms. The number of anilines is 1. The number of hydrogen-bond donors (Lipinski definition) is 2. The number of nitrogen functional groups attached to an aromatic ring is 1. The van der Waals surface area contributed by atoms with Crippen LogP contribution in [0.4, 0.5) is 5.82 Å². The Morgan fingerprint density at radius 2 is 1.96 bits per heavy atom. The summed E-state index contributed by atoms with van der Waals surface area (Å²) >= 11 is 0. The Labute approximate surface area is 158 Å². The molecule has 1 amide bonds. The normalized spacial score (nSPS) is 31.7. The molecule has 4 aliphatic heterocycles. The number of phenolic OH excluding ortho intramolecular Hbond substituents is 1. The van der Waals surface area contributed by atoms with Gasteiger partial charge in [-0.25, -0.2) is 4.98 Å².